The van der Waals surface area contributed by atoms with E-state index in [1.807, 2.05) is 67.7 Å². The van der Waals surface area contributed by atoms with Crippen molar-refractivity contribution < 1.29 is 14.3 Å². The third kappa shape index (κ3) is 7.59. The van der Waals surface area contributed by atoms with Gasteiger partial charge in [0.25, 0.3) is 0 Å². The lowest BCUT2D eigenvalue weighted by Gasteiger charge is -2.43. The Hall–Kier alpha value is -3.32. The van der Waals surface area contributed by atoms with Crippen LogP contribution in [0.3, 0.4) is 0 Å². The van der Waals surface area contributed by atoms with Crippen molar-refractivity contribution >= 4 is 23.4 Å². The molecule has 7 nitrogen and oxygen atoms in total. The fraction of sp³-hybridized carbons (Fsp3) is 0.414. The van der Waals surface area contributed by atoms with Crippen LogP contribution in [0.5, 0.6) is 5.75 Å². The maximum Gasteiger partial charge on any atom is 0.223 e. The number of aromatic nitrogens is 2. The van der Waals surface area contributed by atoms with Crippen LogP contribution in [0.2, 0.25) is 5.02 Å². The normalized spacial score (nSPS) is 17.4. The van der Waals surface area contributed by atoms with Gasteiger partial charge in [0, 0.05) is 63.2 Å². The molecule has 196 valence electrons. The third-order valence-electron chi connectivity index (χ3n) is 6.96. The standard InChI is InChI=1S/C29H35ClN4O3/c1-32(19-23-8-4-3-5-9-23)28(36)17-29(22-37-26-11-6-10-25(30)16-26)14-7-15-34(21-29)27(35)13-12-24-18-31-33(2)20-24/h3-6,8-11,16,18,20H,7,12-15,17,19,21-22H2,1-2H3/t29-/m1/s1. The van der Waals surface area contributed by atoms with Crippen molar-refractivity contribution in [3.8, 4) is 5.75 Å². The largest absolute Gasteiger partial charge is 0.493 e. The number of rotatable bonds is 10. The number of amides is 2. The van der Waals surface area contributed by atoms with Crippen molar-refractivity contribution in [3.05, 3.63) is 83.1 Å². The van der Waals surface area contributed by atoms with E-state index in [9.17, 15) is 9.59 Å². The average molecular weight is 523 g/mol. The first-order valence-electron chi connectivity index (χ1n) is 12.7. The number of carbonyl (C=O) groups excluding carboxylic acids is 2. The summed E-state index contributed by atoms with van der Waals surface area (Å²) in [7, 11) is 3.70. The number of hydrogen-bond donors (Lipinski definition) is 0. The average Bonchev–Trinajstić information content (AvgIpc) is 3.32. The number of halogens is 1. The van der Waals surface area contributed by atoms with Crippen LogP contribution in [0, 0.1) is 5.41 Å². The molecule has 0 unspecified atom stereocenters. The molecule has 0 saturated carbocycles. The highest BCUT2D eigenvalue weighted by Crippen LogP contribution is 2.36. The second-order valence-electron chi connectivity index (χ2n) is 10.1. The van der Waals surface area contributed by atoms with Crippen molar-refractivity contribution in [3.63, 3.8) is 0 Å². The van der Waals surface area contributed by atoms with E-state index in [1.54, 1.807) is 27.9 Å². The summed E-state index contributed by atoms with van der Waals surface area (Å²) in [6, 6.07) is 17.2. The van der Waals surface area contributed by atoms with Gasteiger partial charge in [-0.25, -0.2) is 0 Å². The Morgan fingerprint density at radius 1 is 1.14 bits per heavy atom. The molecule has 2 amide bonds. The van der Waals surface area contributed by atoms with Gasteiger partial charge >= 0.3 is 0 Å². The summed E-state index contributed by atoms with van der Waals surface area (Å²) >= 11 is 6.16. The maximum absolute atomic E-state index is 13.4. The van der Waals surface area contributed by atoms with Crippen LogP contribution < -0.4 is 4.74 Å². The fourth-order valence-corrected chi connectivity index (χ4v) is 5.12. The summed E-state index contributed by atoms with van der Waals surface area (Å²) in [4.78, 5) is 30.3. The minimum absolute atomic E-state index is 0.0446. The van der Waals surface area contributed by atoms with E-state index in [0.29, 0.717) is 56.3 Å². The summed E-state index contributed by atoms with van der Waals surface area (Å²) in [6.07, 6.45) is 6.75. The molecule has 1 fully saturated rings. The monoisotopic (exact) mass is 522 g/mol. The molecule has 1 aliphatic heterocycles. The molecule has 0 aliphatic carbocycles. The summed E-state index contributed by atoms with van der Waals surface area (Å²) in [6.45, 7) is 2.06. The smallest absolute Gasteiger partial charge is 0.223 e. The van der Waals surface area contributed by atoms with Crippen LogP contribution in [0.4, 0.5) is 0 Å². The molecule has 1 saturated heterocycles. The summed E-state index contributed by atoms with van der Waals surface area (Å²) in [5.41, 5.74) is 1.64. The van der Waals surface area contributed by atoms with Gasteiger partial charge in [-0.15, -0.1) is 0 Å². The lowest BCUT2D eigenvalue weighted by atomic mass is 9.77. The predicted octanol–water partition coefficient (Wildman–Crippen LogP) is 4.74. The van der Waals surface area contributed by atoms with E-state index in [4.69, 9.17) is 16.3 Å². The Morgan fingerprint density at radius 2 is 1.95 bits per heavy atom. The number of carbonyl (C=O) groups is 2. The van der Waals surface area contributed by atoms with Gasteiger partial charge in [0.2, 0.25) is 11.8 Å². The first-order chi connectivity index (χ1) is 17.8. The number of aryl methyl sites for hydroxylation is 2. The van der Waals surface area contributed by atoms with Crippen LogP contribution in [-0.4, -0.2) is 58.1 Å². The lowest BCUT2D eigenvalue weighted by Crippen LogP contribution is -2.50. The van der Waals surface area contributed by atoms with Crippen LogP contribution in [0.15, 0.2) is 67.0 Å². The summed E-state index contributed by atoms with van der Waals surface area (Å²) in [5.74, 6) is 0.806. The highest BCUT2D eigenvalue weighted by atomic mass is 35.5. The van der Waals surface area contributed by atoms with Crippen LogP contribution in [0.25, 0.3) is 0 Å². The molecule has 0 radical (unpaired) electrons. The van der Waals surface area contributed by atoms with E-state index in [0.717, 1.165) is 24.0 Å². The molecule has 3 aromatic rings. The molecule has 2 aromatic carbocycles. The Labute approximate surface area is 224 Å². The van der Waals surface area contributed by atoms with Crippen molar-refractivity contribution in [1.82, 2.24) is 19.6 Å². The minimum Gasteiger partial charge on any atom is -0.493 e. The first-order valence-corrected chi connectivity index (χ1v) is 13.1. The zero-order valence-electron chi connectivity index (χ0n) is 21.6. The van der Waals surface area contributed by atoms with E-state index in [-0.39, 0.29) is 11.8 Å². The van der Waals surface area contributed by atoms with Gasteiger partial charge in [0.15, 0.2) is 0 Å². The molecular weight excluding hydrogens is 488 g/mol. The SMILES string of the molecule is CN(Cc1ccccc1)C(=O)C[C@]1(COc2cccc(Cl)c2)CCCN(C(=O)CCc2cnn(C)c2)C1. The first kappa shape index (κ1) is 26.7. The number of hydrogen-bond acceptors (Lipinski definition) is 4. The van der Waals surface area contributed by atoms with E-state index < -0.39 is 5.41 Å². The molecule has 4 rings (SSSR count). The van der Waals surface area contributed by atoms with Gasteiger partial charge < -0.3 is 14.5 Å². The molecule has 0 spiro atoms. The van der Waals surface area contributed by atoms with E-state index in [2.05, 4.69) is 5.10 Å². The van der Waals surface area contributed by atoms with E-state index >= 15 is 0 Å². The fourth-order valence-electron chi connectivity index (χ4n) is 4.94. The number of nitrogens with zero attached hydrogens (tertiary/aromatic N) is 4. The van der Waals surface area contributed by atoms with Gasteiger partial charge in [-0.05, 0) is 48.6 Å². The molecule has 1 aromatic heterocycles. The Morgan fingerprint density at radius 3 is 2.68 bits per heavy atom. The molecule has 37 heavy (non-hydrogen) atoms. The van der Waals surface area contributed by atoms with Crippen LogP contribution in [-0.2, 0) is 29.6 Å². The molecule has 0 N–H and O–H groups in total. The second kappa shape index (κ2) is 12.3. The topological polar surface area (TPSA) is 67.7 Å². The van der Waals surface area contributed by atoms with E-state index in [1.165, 1.54) is 0 Å². The zero-order chi connectivity index (χ0) is 26.3. The number of ether oxygens (including phenoxy) is 1. The van der Waals surface area contributed by atoms with Gasteiger partial charge in [-0.3, -0.25) is 14.3 Å². The predicted molar refractivity (Wildman–Crippen MR) is 144 cm³/mol. The molecular formula is C29H35ClN4O3. The van der Waals surface area contributed by atoms with Gasteiger partial charge in [-0.1, -0.05) is 48.0 Å². The highest BCUT2D eigenvalue weighted by molar-refractivity contribution is 6.30. The van der Waals surface area contributed by atoms with Crippen molar-refractivity contribution in [1.29, 1.82) is 0 Å². The third-order valence-corrected chi connectivity index (χ3v) is 7.19. The molecule has 8 heteroatoms. The molecule has 1 aliphatic rings. The van der Waals surface area contributed by atoms with Crippen LogP contribution in [0.1, 0.15) is 36.8 Å². The van der Waals surface area contributed by atoms with Crippen LogP contribution >= 0.6 is 11.6 Å². The van der Waals surface area contributed by atoms with Gasteiger partial charge in [0.1, 0.15) is 5.75 Å². The van der Waals surface area contributed by atoms with Crippen molar-refractivity contribution in [2.75, 3.05) is 26.7 Å². The summed E-state index contributed by atoms with van der Waals surface area (Å²) in [5, 5.41) is 4.79. The van der Waals surface area contributed by atoms with Gasteiger partial charge in [0.05, 0.1) is 12.8 Å². The van der Waals surface area contributed by atoms with Crippen molar-refractivity contribution in [2.24, 2.45) is 12.5 Å². The Bertz CT molecular complexity index is 1200. The minimum atomic E-state index is -0.480. The maximum atomic E-state index is 13.4. The number of benzene rings is 2. The number of likely N-dealkylation sites (tertiary alicyclic amines) is 1. The number of piperidine rings is 1. The van der Waals surface area contributed by atoms with Gasteiger partial charge in [-0.2, -0.15) is 5.10 Å². The molecule has 0 bridgehead atoms. The quantitative estimate of drug-likeness (QED) is 0.385. The highest BCUT2D eigenvalue weighted by Gasteiger charge is 2.40. The molecule has 1 atom stereocenters. The Balaban J connectivity index is 1.46. The lowest BCUT2D eigenvalue weighted by molar-refractivity contribution is -0.141. The molecule has 2 heterocycles. The zero-order valence-corrected chi connectivity index (χ0v) is 22.4. The summed E-state index contributed by atoms with van der Waals surface area (Å²) < 4.78 is 7.93. The Kier molecular flexibility index (Phi) is 8.87. The van der Waals surface area contributed by atoms with Crippen molar-refractivity contribution in [2.45, 2.75) is 38.6 Å². The second-order valence-corrected chi connectivity index (χ2v) is 10.5.